The monoisotopic (exact) mass is 270 g/mol. The van der Waals surface area contributed by atoms with Crippen molar-refractivity contribution >= 4 is 17.1 Å². The smallest absolute Gasteiger partial charge is 0.215 e. The summed E-state index contributed by atoms with van der Waals surface area (Å²) in [4.78, 5) is 9.04. The van der Waals surface area contributed by atoms with E-state index in [4.69, 9.17) is 10.5 Å². The highest BCUT2D eigenvalue weighted by atomic mass is 16.5. The summed E-state index contributed by atoms with van der Waals surface area (Å²) in [7, 11) is 1.64. The van der Waals surface area contributed by atoms with E-state index in [9.17, 15) is 0 Å². The molecule has 0 saturated heterocycles. The highest BCUT2D eigenvalue weighted by Crippen LogP contribution is 2.72. The number of nitrogens with two attached hydrogens (primary N) is 1. The molecule has 3 aliphatic carbocycles. The quantitative estimate of drug-likeness (QED) is 0.908. The number of nitrogens with zero attached hydrogens (tertiary/aromatic N) is 3. The fourth-order valence-electron chi connectivity index (χ4n) is 5.01. The number of pyridine rings is 1. The maximum absolute atomic E-state index is 6.17. The molecule has 0 aliphatic heterocycles. The second-order valence-electron chi connectivity index (χ2n) is 6.51. The molecule has 5 nitrogen and oxygen atoms in total. The van der Waals surface area contributed by atoms with E-state index in [1.165, 1.54) is 19.3 Å². The zero-order valence-corrected chi connectivity index (χ0v) is 11.5. The van der Waals surface area contributed by atoms with Crippen molar-refractivity contribution < 1.29 is 4.74 Å². The largest absolute Gasteiger partial charge is 0.481 e. The molecule has 0 spiro atoms. The van der Waals surface area contributed by atoms with Crippen LogP contribution in [0.5, 0.6) is 5.88 Å². The average molecular weight is 270 g/mol. The predicted molar refractivity (Wildman–Crippen MR) is 75.3 cm³/mol. The Morgan fingerprint density at radius 1 is 1.20 bits per heavy atom. The molecule has 104 valence electrons. The van der Waals surface area contributed by atoms with Crippen LogP contribution in [-0.2, 0) is 0 Å². The van der Waals surface area contributed by atoms with Crippen molar-refractivity contribution in [1.29, 1.82) is 0 Å². The number of aromatic nitrogens is 3. The van der Waals surface area contributed by atoms with Crippen molar-refractivity contribution in [3.63, 3.8) is 0 Å². The molecule has 0 aromatic carbocycles. The van der Waals surface area contributed by atoms with E-state index in [0.29, 0.717) is 17.9 Å². The molecule has 3 saturated carbocycles. The van der Waals surface area contributed by atoms with E-state index in [2.05, 4.69) is 14.5 Å². The molecule has 5 rings (SSSR count). The average Bonchev–Trinajstić information content (AvgIpc) is 2.80. The number of anilines is 1. The Bertz CT molecular complexity index is 693. The Kier molecular flexibility index (Phi) is 1.89. The van der Waals surface area contributed by atoms with E-state index in [-0.39, 0.29) is 0 Å². The van der Waals surface area contributed by atoms with Crippen LogP contribution in [0.25, 0.3) is 11.2 Å². The summed E-state index contributed by atoms with van der Waals surface area (Å²) >= 11 is 0. The van der Waals surface area contributed by atoms with E-state index >= 15 is 0 Å². The Morgan fingerprint density at radius 3 is 2.65 bits per heavy atom. The standard InChI is InChI=1S/C15H18N4O/c1-20-10-5-4-9-14(18-10)19(15(16)17-9)13-11-7-2-3-8(6-7)12(11)13/h4-5,7-8,11-13H,2-3,6H2,1H3,(H2,16,17). The Balaban J connectivity index is 1.64. The third kappa shape index (κ3) is 1.19. The molecule has 3 aliphatic rings. The minimum absolute atomic E-state index is 0.533. The molecular weight excluding hydrogens is 252 g/mol. The zero-order chi connectivity index (χ0) is 13.4. The second kappa shape index (κ2) is 3.45. The van der Waals surface area contributed by atoms with Crippen LogP contribution >= 0.6 is 0 Å². The molecule has 4 atom stereocenters. The third-order valence-electron chi connectivity index (χ3n) is 5.74. The van der Waals surface area contributed by atoms with Crippen LogP contribution < -0.4 is 10.5 Å². The molecule has 0 radical (unpaired) electrons. The Hall–Kier alpha value is -1.78. The van der Waals surface area contributed by atoms with Crippen molar-refractivity contribution in [2.75, 3.05) is 12.8 Å². The lowest BCUT2D eigenvalue weighted by molar-refractivity contribution is 0.398. The predicted octanol–water partition coefficient (Wildman–Crippen LogP) is 2.24. The molecular formula is C15H18N4O. The van der Waals surface area contributed by atoms with Crippen molar-refractivity contribution in [1.82, 2.24) is 14.5 Å². The van der Waals surface area contributed by atoms with Gasteiger partial charge in [-0.15, -0.1) is 0 Å². The van der Waals surface area contributed by atoms with Gasteiger partial charge in [-0.25, -0.2) is 4.98 Å². The molecule has 2 bridgehead atoms. The highest BCUT2D eigenvalue weighted by Gasteiger charge is 2.66. The molecule has 2 aromatic heterocycles. The molecule has 5 heteroatoms. The summed E-state index contributed by atoms with van der Waals surface area (Å²) in [5, 5.41) is 0. The summed E-state index contributed by atoms with van der Waals surface area (Å²) in [6.07, 6.45) is 4.26. The van der Waals surface area contributed by atoms with Crippen LogP contribution in [-0.4, -0.2) is 21.6 Å². The maximum atomic E-state index is 6.17. The summed E-state index contributed by atoms with van der Waals surface area (Å²) in [6.45, 7) is 0. The topological polar surface area (TPSA) is 66.0 Å². The fourth-order valence-corrected chi connectivity index (χ4v) is 5.01. The van der Waals surface area contributed by atoms with Gasteiger partial charge < -0.3 is 10.5 Å². The molecule has 2 heterocycles. The van der Waals surface area contributed by atoms with E-state index in [0.717, 1.165) is 34.8 Å². The second-order valence-corrected chi connectivity index (χ2v) is 6.51. The zero-order valence-electron chi connectivity index (χ0n) is 11.5. The van der Waals surface area contributed by atoms with Gasteiger partial charge in [0.2, 0.25) is 11.8 Å². The van der Waals surface area contributed by atoms with Gasteiger partial charge in [-0.3, -0.25) is 4.57 Å². The van der Waals surface area contributed by atoms with E-state index in [1.807, 2.05) is 12.1 Å². The van der Waals surface area contributed by atoms with Gasteiger partial charge in [-0.05, 0) is 49.0 Å². The normalized spacial score (nSPS) is 37.4. The molecule has 2 N–H and O–H groups in total. The van der Waals surface area contributed by atoms with E-state index < -0.39 is 0 Å². The lowest BCUT2D eigenvalue weighted by Gasteiger charge is -2.12. The SMILES string of the molecule is COc1ccc2nc(N)n(C3C4C5CCC(C5)C43)c2n1. The summed E-state index contributed by atoms with van der Waals surface area (Å²) in [5.41, 5.74) is 7.94. The molecule has 3 fully saturated rings. The highest BCUT2D eigenvalue weighted by molar-refractivity contribution is 5.75. The summed E-state index contributed by atoms with van der Waals surface area (Å²) in [5.74, 6) is 4.71. The number of rotatable bonds is 2. The van der Waals surface area contributed by atoms with Gasteiger partial charge in [0.05, 0.1) is 7.11 Å². The van der Waals surface area contributed by atoms with Crippen LogP contribution in [0.15, 0.2) is 12.1 Å². The number of methoxy groups -OCH3 is 1. The fraction of sp³-hybridized carbons (Fsp3) is 0.600. The third-order valence-corrected chi connectivity index (χ3v) is 5.74. The number of hydrogen-bond donors (Lipinski definition) is 1. The Labute approximate surface area is 117 Å². The summed E-state index contributed by atoms with van der Waals surface area (Å²) in [6, 6.07) is 4.32. The summed E-state index contributed by atoms with van der Waals surface area (Å²) < 4.78 is 7.42. The number of hydrogen-bond acceptors (Lipinski definition) is 4. The number of nitrogen functional groups attached to an aromatic ring is 1. The van der Waals surface area contributed by atoms with Gasteiger partial charge in [0, 0.05) is 12.1 Å². The van der Waals surface area contributed by atoms with Crippen LogP contribution in [0.2, 0.25) is 0 Å². The first-order valence-electron chi connectivity index (χ1n) is 7.46. The molecule has 20 heavy (non-hydrogen) atoms. The van der Waals surface area contributed by atoms with Crippen molar-refractivity contribution in [3.8, 4) is 5.88 Å². The van der Waals surface area contributed by atoms with Crippen LogP contribution in [0.4, 0.5) is 5.95 Å². The van der Waals surface area contributed by atoms with Gasteiger partial charge in [-0.1, -0.05) is 0 Å². The molecule has 4 unspecified atom stereocenters. The molecule has 0 amide bonds. The minimum Gasteiger partial charge on any atom is -0.481 e. The first kappa shape index (κ1) is 10.9. The maximum Gasteiger partial charge on any atom is 0.215 e. The number of fused-ring (bicyclic) bond motifs is 6. The van der Waals surface area contributed by atoms with Crippen LogP contribution in [0.1, 0.15) is 25.3 Å². The number of imidazole rings is 1. The lowest BCUT2D eigenvalue weighted by Crippen LogP contribution is -2.09. The van der Waals surface area contributed by atoms with E-state index in [1.54, 1.807) is 7.11 Å². The van der Waals surface area contributed by atoms with Gasteiger partial charge in [0.25, 0.3) is 0 Å². The lowest BCUT2D eigenvalue weighted by atomic mass is 10.0. The van der Waals surface area contributed by atoms with Gasteiger partial charge in [0.15, 0.2) is 5.65 Å². The first-order chi connectivity index (χ1) is 9.78. The van der Waals surface area contributed by atoms with Gasteiger partial charge in [-0.2, -0.15) is 4.98 Å². The van der Waals surface area contributed by atoms with Gasteiger partial charge >= 0.3 is 0 Å². The molecule has 2 aromatic rings. The number of ether oxygens (including phenoxy) is 1. The van der Waals surface area contributed by atoms with Crippen LogP contribution in [0, 0.1) is 23.7 Å². The van der Waals surface area contributed by atoms with Crippen molar-refractivity contribution in [2.45, 2.75) is 25.3 Å². The van der Waals surface area contributed by atoms with Crippen LogP contribution in [0.3, 0.4) is 0 Å². The van der Waals surface area contributed by atoms with Crippen molar-refractivity contribution in [2.24, 2.45) is 23.7 Å². The minimum atomic E-state index is 0.533. The first-order valence-corrected chi connectivity index (χ1v) is 7.46. The van der Waals surface area contributed by atoms with Gasteiger partial charge in [0.1, 0.15) is 5.52 Å². The van der Waals surface area contributed by atoms with Crippen molar-refractivity contribution in [3.05, 3.63) is 12.1 Å². The Morgan fingerprint density at radius 2 is 1.95 bits per heavy atom.